The third-order valence-electron chi connectivity index (χ3n) is 1.09. The van der Waals surface area contributed by atoms with Crippen molar-refractivity contribution in [2.24, 2.45) is 0 Å². The molecule has 0 aliphatic carbocycles. The second-order valence-corrected chi connectivity index (χ2v) is 2.76. The van der Waals surface area contributed by atoms with Crippen molar-refractivity contribution in [1.82, 2.24) is 0 Å². The minimum Gasteiger partial charge on any atom is -0.458 e. The number of Topliss-reactive ketones (excluding diaryl/α,β-unsaturated/α-hetero) is 1. The molecule has 4 nitrogen and oxygen atoms in total. The minimum atomic E-state index is -1.42. The van der Waals surface area contributed by atoms with E-state index >= 15 is 0 Å². The Bertz CT molecular complexity index is 166. The molecule has 11 heavy (non-hydrogen) atoms. The minimum absolute atomic E-state index is 0.362. The van der Waals surface area contributed by atoms with Crippen molar-refractivity contribution in [1.29, 1.82) is 0 Å². The van der Waals surface area contributed by atoms with Gasteiger partial charge in [-0.25, -0.2) is 0 Å². The lowest BCUT2D eigenvalue weighted by molar-refractivity contribution is -0.151. The van der Waals surface area contributed by atoms with E-state index in [1.54, 1.807) is 0 Å². The van der Waals surface area contributed by atoms with E-state index < -0.39 is 17.4 Å². The van der Waals surface area contributed by atoms with Crippen LogP contribution in [0.15, 0.2) is 0 Å². The molecule has 0 spiro atoms. The molecule has 0 aromatic rings. The van der Waals surface area contributed by atoms with E-state index in [0.29, 0.717) is 0 Å². The molecule has 0 heterocycles. The third kappa shape index (κ3) is 4.50. The van der Waals surface area contributed by atoms with E-state index in [2.05, 4.69) is 4.74 Å². The molecule has 0 fully saturated rings. The van der Waals surface area contributed by atoms with Crippen LogP contribution in [0, 0.1) is 0 Å². The van der Waals surface area contributed by atoms with Crippen LogP contribution < -0.4 is 0 Å². The third-order valence-corrected chi connectivity index (χ3v) is 1.09. The Morgan fingerprint density at radius 3 is 2.18 bits per heavy atom. The summed E-state index contributed by atoms with van der Waals surface area (Å²) in [7, 11) is 0. The van der Waals surface area contributed by atoms with Crippen LogP contribution in [-0.2, 0) is 14.3 Å². The molecule has 4 heteroatoms. The fourth-order valence-electron chi connectivity index (χ4n) is 0.344. The number of hydrogen-bond donors (Lipinski definition) is 1. The molecule has 0 rings (SSSR count). The van der Waals surface area contributed by atoms with E-state index in [4.69, 9.17) is 5.11 Å². The molecular weight excluding hydrogens is 148 g/mol. The number of ketones is 1. The first-order valence-electron chi connectivity index (χ1n) is 3.23. The summed E-state index contributed by atoms with van der Waals surface area (Å²) in [5.41, 5.74) is -1.42. The molecule has 64 valence electrons. The summed E-state index contributed by atoms with van der Waals surface area (Å²) in [5, 5.41) is 9.06. The van der Waals surface area contributed by atoms with Crippen molar-refractivity contribution in [3.8, 4) is 0 Å². The van der Waals surface area contributed by atoms with Gasteiger partial charge in [0.15, 0.2) is 6.61 Å². The second kappa shape index (κ2) is 3.48. The number of aliphatic hydroxyl groups is 1. The van der Waals surface area contributed by atoms with Crippen molar-refractivity contribution in [2.45, 2.75) is 26.4 Å². The van der Waals surface area contributed by atoms with Crippen LogP contribution in [0.5, 0.6) is 0 Å². The van der Waals surface area contributed by atoms with Gasteiger partial charge in [-0.2, -0.15) is 0 Å². The average Bonchev–Trinajstić information content (AvgIpc) is 1.80. The van der Waals surface area contributed by atoms with Crippen molar-refractivity contribution in [3.63, 3.8) is 0 Å². The predicted octanol–water partition coefficient (Wildman–Crippen LogP) is -0.111. The average molecular weight is 160 g/mol. The number of ether oxygens (including phenoxy) is 1. The molecule has 0 radical (unpaired) electrons. The van der Waals surface area contributed by atoms with E-state index in [9.17, 15) is 9.59 Å². The van der Waals surface area contributed by atoms with Crippen LogP contribution in [-0.4, -0.2) is 29.1 Å². The highest BCUT2D eigenvalue weighted by molar-refractivity contribution is 5.88. The van der Waals surface area contributed by atoms with Gasteiger partial charge in [0.2, 0.25) is 5.78 Å². The van der Waals surface area contributed by atoms with Gasteiger partial charge >= 0.3 is 5.97 Å². The zero-order valence-corrected chi connectivity index (χ0v) is 6.88. The molecule has 0 unspecified atom stereocenters. The number of rotatable bonds is 3. The summed E-state index contributed by atoms with van der Waals surface area (Å²) in [5.74, 6) is -1.03. The summed E-state index contributed by atoms with van der Waals surface area (Å²) >= 11 is 0. The molecule has 0 aromatic carbocycles. The Kier molecular flexibility index (Phi) is 3.19. The zero-order chi connectivity index (χ0) is 9.07. The van der Waals surface area contributed by atoms with Gasteiger partial charge in [0.1, 0.15) is 5.60 Å². The maximum Gasteiger partial charge on any atom is 0.303 e. The van der Waals surface area contributed by atoms with Crippen LogP contribution in [0.4, 0.5) is 0 Å². The Hall–Kier alpha value is -0.900. The van der Waals surface area contributed by atoms with Crippen molar-refractivity contribution < 1.29 is 19.4 Å². The molecule has 0 aliphatic heterocycles. The lowest BCUT2D eigenvalue weighted by Crippen LogP contribution is -2.34. The molecular formula is C7H12O4. The van der Waals surface area contributed by atoms with Crippen molar-refractivity contribution in [2.75, 3.05) is 6.61 Å². The maximum atomic E-state index is 10.8. The van der Waals surface area contributed by atoms with Gasteiger partial charge in [0.25, 0.3) is 0 Å². The number of carbonyl (C=O) groups excluding carboxylic acids is 2. The smallest absolute Gasteiger partial charge is 0.303 e. The fourth-order valence-corrected chi connectivity index (χ4v) is 0.344. The van der Waals surface area contributed by atoms with Crippen LogP contribution >= 0.6 is 0 Å². The molecule has 0 aliphatic rings. The van der Waals surface area contributed by atoms with E-state index in [-0.39, 0.29) is 6.61 Å². The topological polar surface area (TPSA) is 63.6 Å². The standard InChI is InChI=1S/C7H12O4/c1-5(8)11-4-6(9)7(2,3)10/h10H,4H2,1-3H3. The van der Waals surface area contributed by atoms with Crippen molar-refractivity contribution in [3.05, 3.63) is 0 Å². The Balaban J connectivity index is 3.80. The number of hydrogen-bond acceptors (Lipinski definition) is 4. The van der Waals surface area contributed by atoms with Crippen LogP contribution in [0.1, 0.15) is 20.8 Å². The Labute approximate surface area is 65.2 Å². The van der Waals surface area contributed by atoms with Crippen LogP contribution in [0.25, 0.3) is 0 Å². The van der Waals surface area contributed by atoms with Gasteiger partial charge in [-0.1, -0.05) is 0 Å². The monoisotopic (exact) mass is 160 g/mol. The molecule has 0 aromatic heterocycles. The maximum absolute atomic E-state index is 10.8. The molecule has 0 bridgehead atoms. The fraction of sp³-hybridized carbons (Fsp3) is 0.714. The SMILES string of the molecule is CC(=O)OCC(=O)C(C)(C)O. The second-order valence-electron chi connectivity index (χ2n) is 2.76. The first-order chi connectivity index (χ1) is 4.84. The summed E-state index contributed by atoms with van der Waals surface area (Å²) in [6, 6.07) is 0. The van der Waals surface area contributed by atoms with Crippen LogP contribution in [0.2, 0.25) is 0 Å². The first kappa shape index (κ1) is 10.1. The molecule has 1 N–H and O–H groups in total. The highest BCUT2D eigenvalue weighted by atomic mass is 16.5. The number of esters is 1. The number of carbonyl (C=O) groups is 2. The lowest BCUT2D eigenvalue weighted by Gasteiger charge is -2.14. The van der Waals surface area contributed by atoms with Crippen LogP contribution in [0.3, 0.4) is 0 Å². The van der Waals surface area contributed by atoms with Crippen molar-refractivity contribution >= 4 is 11.8 Å². The summed E-state index contributed by atoms with van der Waals surface area (Å²) < 4.78 is 4.38. The first-order valence-corrected chi connectivity index (χ1v) is 3.23. The van der Waals surface area contributed by atoms with Gasteiger partial charge in [0, 0.05) is 6.92 Å². The highest BCUT2D eigenvalue weighted by Crippen LogP contribution is 2.02. The predicted molar refractivity (Wildman–Crippen MR) is 37.9 cm³/mol. The largest absolute Gasteiger partial charge is 0.458 e. The Morgan fingerprint density at radius 1 is 1.45 bits per heavy atom. The van der Waals surface area contributed by atoms with Gasteiger partial charge < -0.3 is 9.84 Å². The summed E-state index contributed by atoms with van der Waals surface area (Å²) in [6.45, 7) is 3.54. The quantitative estimate of drug-likeness (QED) is 0.585. The summed E-state index contributed by atoms with van der Waals surface area (Å²) in [6.07, 6.45) is 0. The molecule has 0 atom stereocenters. The lowest BCUT2D eigenvalue weighted by atomic mass is 10.1. The van der Waals surface area contributed by atoms with Gasteiger partial charge in [-0.3, -0.25) is 9.59 Å². The Morgan fingerprint density at radius 2 is 1.91 bits per heavy atom. The molecule has 0 amide bonds. The van der Waals surface area contributed by atoms with Gasteiger partial charge in [-0.15, -0.1) is 0 Å². The normalized spacial score (nSPS) is 10.9. The molecule has 0 saturated carbocycles. The zero-order valence-electron chi connectivity index (χ0n) is 6.88. The van der Waals surface area contributed by atoms with E-state index in [1.807, 2.05) is 0 Å². The van der Waals surface area contributed by atoms with Gasteiger partial charge in [0.05, 0.1) is 0 Å². The van der Waals surface area contributed by atoms with Gasteiger partial charge in [-0.05, 0) is 13.8 Å². The molecule has 0 saturated heterocycles. The van der Waals surface area contributed by atoms with E-state index in [1.165, 1.54) is 20.8 Å². The summed E-state index contributed by atoms with van der Waals surface area (Å²) in [4.78, 5) is 21.1. The van der Waals surface area contributed by atoms with E-state index in [0.717, 1.165) is 0 Å². The highest BCUT2D eigenvalue weighted by Gasteiger charge is 2.23.